The summed E-state index contributed by atoms with van der Waals surface area (Å²) in [5, 5.41) is 61.8. The largest absolute Gasteiger partial charge is 0.508 e. The van der Waals surface area contributed by atoms with Gasteiger partial charge in [-0.15, -0.1) is 0 Å². The Bertz CT molecular complexity index is 1620. The molecule has 0 saturated carbocycles. The molecule has 6 N–H and O–H groups in total. The number of hydrogen-bond donors (Lipinski definition) is 6. The second-order valence-corrected chi connectivity index (χ2v) is 12.7. The number of hydrogen-bond acceptors (Lipinski definition) is 11. The van der Waals surface area contributed by atoms with E-state index in [1.54, 1.807) is 12.1 Å². The van der Waals surface area contributed by atoms with Crippen molar-refractivity contribution in [3.05, 3.63) is 120 Å². The van der Waals surface area contributed by atoms with Gasteiger partial charge in [-0.3, -0.25) is 9.59 Å². The number of ketones is 1. The van der Waals surface area contributed by atoms with E-state index >= 15 is 0 Å². The van der Waals surface area contributed by atoms with E-state index in [2.05, 4.69) is 61.6 Å². The predicted octanol–water partition coefficient (Wildman–Crippen LogP) is 6.83. The molecule has 11 nitrogen and oxygen atoms in total. The van der Waals surface area contributed by atoms with Gasteiger partial charge < -0.3 is 44.8 Å². The number of esters is 1. The highest BCUT2D eigenvalue weighted by Gasteiger charge is 2.46. The first-order valence-electron chi connectivity index (χ1n) is 18.4. The van der Waals surface area contributed by atoms with Crippen LogP contribution >= 0.6 is 0 Å². The smallest absolute Gasteiger partial charge is 0.306 e. The van der Waals surface area contributed by atoms with Crippen LogP contribution in [0.3, 0.4) is 0 Å². The maximum Gasteiger partial charge on any atom is 0.306 e. The van der Waals surface area contributed by atoms with Crippen LogP contribution in [0.2, 0.25) is 0 Å². The van der Waals surface area contributed by atoms with Crippen LogP contribution < -0.4 is 4.74 Å². The van der Waals surface area contributed by atoms with E-state index in [0.717, 1.165) is 56.2 Å². The fourth-order valence-corrected chi connectivity index (χ4v) is 5.37. The third-order valence-electron chi connectivity index (χ3n) is 8.35. The SMILES string of the molecule is CC/C=C\C/C=C\C/C=C\C/C=C\C/C=C\C/C=C\CCC(=O)OC[C@H]1O[C@@H](Oc2cc(O)cc(O)c2C(=O)CCc2ccc(O)cc2)[C@H](O)[C@@H](O)[C@@H]1O. The van der Waals surface area contributed by atoms with Crippen LogP contribution in [-0.4, -0.2) is 79.7 Å². The number of ether oxygens (including phenoxy) is 3. The quantitative estimate of drug-likeness (QED) is 0.0422. The number of Topliss-reactive ketones (excluding diaryl/α,β-unsaturated/α-hetero) is 1. The van der Waals surface area contributed by atoms with Gasteiger partial charge in [0.1, 0.15) is 59.6 Å². The number of rotatable bonds is 22. The molecule has 1 aliphatic heterocycles. The molecule has 1 heterocycles. The topological polar surface area (TPSA) is 183 Å². The minimum absolute atomic E-state index is 0.0638. The first kappa shape index (κ1) is 43.5. The Morgan fingerprint density at radius 2 is 1.24 bits per heavy atom. The lowest BCUT2D eigenvalue weighted by Gasteiger charge is -2.40. The minimum atomic E-state index is -1.80. The van der Waals surface area contributed by atoms with E-state index in [0.29, 0.717) is 6.42 Å². The summed E-state index contributed by atoms with van der Waals surface area (Å²) in [7, 11) is 0. The molecule has 1 saturated heterocycles. The molecular weight excluding hydrogens is 692 g/mol. The number of carbonyl (C=O) groups is 2. The zero-order valence-corrected chi connectivity index (χ0v) is 30.8. The average molecular weight is 747 g/mol. The van der Waals surface area contributed by atoms with Gasteiger partial charge in [-0.05, 0) is 69.1 Å². The van der Waals surface area contributed by atoms with E-state index in [9.17, 15) is 40.2 Å². The van der Waals surface area contributed by atoms with E-state index in [1.807, 2.05) is 18.2 Å². The number of aliphatic hydroxyl groups excluding tert-OH is 3. The van der Waals surface area contributed by atoms with E-state index in [1.165, 1.54) is 12.1 Å². The number of aliphatic hydroxyl groups is 3. The molecule has 0 spiro atoms. The highest BCUT2D eigenvalue weighted by molar-refractivity contribution is 6.01. The third kappa shape index (κ3) is 15.6. The molecule has 0 aromatic heterocycles. The van der Waals surface area contributed by atoms with Crippen molar-refractivity contribution in [2.24, 2.45) is 0 Å². The van der Waals surface area contributed by atoms with Crippen LogP contribution in [0.5, 0.6) is 23.0 Å². The molecule has 5 atom stereocenters. The molecule has 2 aromatic carbocycles. The molecule has 0 radical (unpaired) electrons. The molecule has 54 heavy (non-hydrogen) atoms. The minimum Gasteiger partial charge on any atom is -0.508 e. The van der Waals surface area contributed by atoms with Gasteiger partial charge in [0.25, 0.3) is 0 Å². The van der Waals surface area contributed by atoms with Crippen LogP contribution in [0, 0.1) is 0 Å². The summed E-state index contributed by atoms with van der Waals surface area (Å²) in [6, 6.07) is 8.26. The summed E-state index contributed by atoms with van der Waals surface area (Å²) >= 11 is 0. The van der Waals surface area contributed by atoms with E-state index in [-0.39, 0.29) is 36.3 Å². The standard InChI is InChI=1S/C43H54O11/c1-2-3-4-5-6-7-8-9-10-11-12-13-14-15-16-17-18-19-20-21-38(48)52-30-37-40(49)41(50)42(51)43(54-37)53-36-29-33(45)28-35(47)39(36)34(46)27-24-31-22-25-32(44)26-23-31/h3-4,6-7,9-10,12-13,15-16,18-19,22-23,25-26,28-29,37,40-45,47,49-51H,2,5,8,11,14,17,20-21,24,27,30H2,1H3/b4-3-,7-6-,10-9-,13-12-,16-15-,19-18-/t37-,40-,41+,42-,43-/m1/s1. The molecule has 292 valence electrons. The Kier molecular flexibility index (Phi) is 19.6. The van der Waals surface area contributed by atoms with Crippen LogP contribution in [0.4, 0.5) is 0 Å². The van der Waals surface area contributed by atoms with Gasteiger partial charge in [-0.25, -0.2) is 0 Å². The van der Waals surface area contributed by atoms with Crippen LogP contribution in [0.25, 0.3) is 0 Å². The predicted molar refractivity (Wildman–Crippen MR) is 206 cm³/mol. The van der Waals surface area contributed by atoms with Crippen molar-refractivity contribution in [1.29, 1.82) is 0 Å². The number of phenolic OH excluding ortho intramolecular Hbond substituents is 3. The molecule has 1 fully saturated rings. The lowest BCUT2D eigenvalue weighted by Crippen LogP contribution is -2.60. The Morgan fingerprint density at radius 3 is 1.81 bits per heavy atom. The summed E-state index contributed by atoms with van der Waals surface area (Å²) in [4.78, 5) is 25.6. The van der Waals surface area contributed by atoms with Crippen molar-refractivity contribution in [3.8, 4) is 23.0 Å². The molecule has 1 aliphatic rings. The number of carbonyl (C=O) groups excluding carboxylic acids is 2. The Morgan fingerprint density at radius 1 is 0.685 bits per heavy atom. The summed E-state index contributed by atoms with van der Waals surface area (Å²) in [5.41, 5.74) is 0.458. The Balaban J connectivity index is 1.40. The van der Waals surface area contributed by atoms with Crippen molar-refractivity contribution >= 4 is 11.8 Å². The normalized spacial score (nSPS) is 20.7. The molecular formula is C43H54O11. The van der Waals surface area contributed by atoms with Gasteiger partial charge in [-0.1, -0.05) is 92.0 Å². The third-order valence-corrected chi connectivity index (χ3v) is 8.35. The summed E-state index contributed by atoms with van der Waals surface area (Å²) < 4.78 is 16.6. The second-order valence-electron chi connectivity index (χ2n) is 12.7. The molecule has 0 unspecified atom stereocenters. The van der Waals surface area contributed by atoms with E-state index in [4.69, 9.17) is 14.2 Å². The Hall–Kier alpha value is -4.94. The van der Waals surface area contributed by atoms with Crippen molar-refractivity contribution in [2.75, 3.05) is 6.61 Å². The zero-order chi connectivity index (χ0) is 39.1. The van der Waals surface area contributed by atoms with Gasteiger partial charge in [0.2, 0.25) is 6.29 Å². The van der Waals surface area contributed by atoms with Crippen molar-refractivity contribution < 1.29 is 54.4 Å². The molecule has 0 aliphatic carbocycles. The first-order valence-corrected chi connectivity index (χ1v) is 18.4. The lowest BCUT2D eigenvalue weighted by atomic mass is 9.98. The van der Waals surface area contributed by atoms with Crippen LogP contribution in [0.15, 0.2) is 109 Å². The molecule has 0 bridgehead atoms. The first-order chi connectivity index (χ1) is 26.1. The van der Waals surface area contributed by atoms with Gasteiger partial charge in [0.05, 0.1) is 0 Å². The number of aromatic hydroxyl groups is 3. The summed E-state index contributed by atoms with van der Waals surface area (Å²) in [5.74, 6) is -2.40. The van der Waals surface area contributed by atoms with Crippen LogP contribution in [-0.2, 0) is 20.7 Å². The Labute approximate surface area is 317 Å². The number of phenols is 3. The summed E-state index contributed by atoms with van der Waals surface area (Å²) in [6.45, 7) is 1.66. The average Bonchev–Trinajstić information content (AvgIpc) is 3.15. The van der Waals surface area contributed by atoms with Gasteiger partial charge >= 0.3 is 5.97 Å². The fourth-order valence-electron chi connectivity index (χ4n) is 5.37. The molecule has 0 amide bonds. The highest BCUT2D eigenvalue weighted by atomic mass is 16.7. The number of benzene rings is 2. The molecule has 2 aromatic rings. The van der Waals surface area contributed by atoms with Gasteiger partial charge in [0.15, 0.2) is 5.78 Å². The molecule has 3 rings (SSSR count). The maximum absolute atomic E-state index is 13.2. The van der Waals surface area contributed by atoms with Gasteiger partial charge in [0, 0.05) is 25.0 Å². The van der Waals surface area contributed by atoms with E-state index < -0.39 is 60.6 Å². The monoisotopic (exact) mass is 746 g/mol. The van der Waals surface area contributed by atoms with Crippen LogP contribution in [0.1, 0.15) is 80.6 Å². The maximum atomic E-state index is 13.2. The summed E-state index contributed by atoms with van der Waals surface area (Å²) in [6.07, 6.45) is 23.1. The van der Waals surface area contributed by atoms with Crippen molar-refractivity contribution in [2.45, 2.75) is 102 Å². The number of allylic oxidation sites excluding steroid dienone is 12. The molecule has 11 heteroatoms. The zero-order valence-electron chi connectivity index (χ0n) is 30.8. The number of aryl methyl sites for hydroxylation is 1. The van der Waals surface area contributed by atoms with Crippen molar-refractivity contribution in [3.63, 3.8) is 0 Å². The highest BCUT2D eigenvalue weighted by Crippen LogP contribution is 2.36. The van der Waals surface area contributed by atoms with Crippen molar-refractivity contribution in [1.82, 2.24) is 0 Å². The second kappa shape index (κ2) is 24.4. The fraction of sp³-hybridized carbons (Fsp3) is 0.395. The lowest BCUT2D eigenvalue weighted by molar-refractivity contribution is -0.278. The van der Waals surface area contributed by atoms with Gasteiger partial charge in [-0.2, -0.15) is 0 Å².